The predicted octanol–water partition coefficient (Wildman–Crippen LogP) is 2.63. The van der Waals surface area contributed by atoms with E-state index < -0.39 is 5.79 Å². The normalized spacial score (nSPS) is 21.4. The first-order valence-corrected chi connectivity index (χ1v) is 7.31. The third kappa shape index (κ3) is 2.43. The van der Waals surface area contributed by atoms with Crippen LogP contribution < -0.4 is 0 Å². The van der Waals surface area contributed by atoms with E-state index in [1.807, 2.05) is 24.0 Å². The molecule has 1 aromatic carbocycles. The standard InChI is InChI=1S/C15H18ClNO3/c1-11-3-2-4-12(13(11)16)14(18)17-7-5-15(6-8-17)19-9-10-20-15/h2-4H,5-10H2,1H3. The molecule has 0 unspecified atom stereocenters. The van der Waals surface area contributed by atoms with E-state index in [4.69, 9.17) is 21.1 Å². The molecule has 0 aliphatic carbocycles. The van der Waals surface area contributed by atoms with Gasteiger partial charge < -0.3 is 14.4 Å². The molecule has 108 valence electrons. The van der Waals surface area contributed by atoms with Crippen LogP contribution in [0.1, 0.15) is 28.8 Å². The molecule has 0 bridgehead atoms. The third-order valence-electron chi connectivity index (χ3n) is 4.05. The SMILES string of the molecule is Cc1cccc(C(=O)N2CCC3(CC2)OCCO3)c1Cl. The van der Waals surface area contributed by atoms with Crippen LogP contribution in [0.3, 0.4) is 0 Å². The van der Waals surface area contributed by atoms with Crippen LogP contribution in [0.4, 0.5) is 0 Å². The smallest absolute Gasteiger partial charge is 0.255 e. The zero-order valence-electron chi connectivity index (χ0n) is 11.5. The van der Waals surface area contributed by atoms with Gasteiger partial charge in [-0.15, -0.1) is 0 Å². The first-order valence-electron chi connectivity index (χ1n) is 6.94. The van der Waals surface area contributed by atoms with Gasteiger partial charge in [-0.05, 0) is 18.6 Å². The van der Waals surface area contributed by atoms with Gasteiger partial charge in [0, 0.05) is 25.9 Å². The van der Waals surface area contributed by atoms with E-state index in [2.05, 4.69) is 0 Å². The van der Waals surface area contributed by atoms with Crippen LogP contribution in [0, 0.1) is 6.92 Å². The zero-order valence-corrected chi connectivity index (χ0v) is 12.3. The molecule has 2 aliphatic heterocycles. The van der Waals surface area contributed by atoms with Gasteiger partial charge in [-0.3, -0.25) is 4.79 Å². The lowest BCUT2D eigenvalue weighted by Crippen LogP contribution is -2.47. The van der Waals surface area contributed by atoms with E-state index >= 15 is 0 Å². The van der Waals surface area contributed by atoms with Gasteiger partial charge >= 0.3 is 0 Å². The highest BCUT2D eigenvalue weighted by Crippen LogP contribution is 2.32. The highest BCUT2D eigenvalue weighted by atomic mass is 35.5. The average Bonchev–Trinajstić information content (AvgIpc) is 2.90. The lowest BCUT2D eigenvalue weighted by molar-refractivity contribution is -0.181. The fourth-order valence-corrected chi connectivity index (χ4v) is 3.03. The van der Waals surface area contributed by atoms with Gasteiger partial charge in [-0.2, -0.15) is 0 Å². The number of carbonyl (C=O) groups is 1. The van der Waals surface area contributed by atoms with E-state index in [9.17, 15) is 4.79 Å². The molecule has 1 spiro atoms. The number of nitrogens with zero attached hydrogens (tertiary/aromatic N) is 1. The van der Waals surface area contributed by atoms with Crippen molar-refractivity contribution in [2.24, 2.45) is 0 Å². The van der Waals surface area contributed by atoms with E-state index in [-0.39, 0.29) is 5.91 Å². The molecule has 1 amide bonds. The average molecular weight is 296 g/mol. The Balaban J connectivity index is 1.71. The Labute approximate surface area is 123 Å². The molecule has 2 heterocycles. The van der Waals surface area contributed by atoms with Gasteiger partial charge in [-0.1, -0.05) is 23.7 Å². The van der Waals surface area contributed by atoms with Gasteiger partial charge in [0.05, 0.1) is 23.8 Å². The molecule has 20 heavy (non-hydrogen) atoms. The zero-order chi connectivity index (χ0) is 14.2. The Hall–Kier alpha value is -1.10. The first kappa shape index (κ1) is 13.9. The summed E-state index contributed by atoms with van der Waals surface area (Å²) in [5.41, 5.74) is 1.50. The largest absolute Gasteiger partial charge is 0.347 e. The van der Waals surface area contributed by atoms with Crippen molar-refractivity contribution in [2.75, 3.05) is 26.3 Å². The van der Waals surface area contributed by atoms with Crippen LogP contribution in [0.5, 0.6) is 0 Å². The lowest BCUT2D eigenvalue weighted by atomic mass is 10.0. The summed E-state index contributed by atoms with van der Waals surface area (Å²) in [6, 6.07) is 5.55. The number of benzene rings is 1. The number of amides is 1. The number of hydrogen-bond acceptors (Lipinski definition) is 3. The Bertz CT molecular complexity index is 516. The Morgan fingerprint density at radius 2 is 1.90 bits per heavy atom. The number of likely N-dealkylation sites (tertiary alicyclic amines) is 1. The molecule has 0 aromatic heterocycles. The van der Waals surface area contributed by atoms with Crippen LogP contribution in [-0.4, -0.2) is 42.9 Å². The number of aryl methyl sites for hydroxylation is 1. The second-order valence-corrected chi connectivity index (χ2v) is 5.71. The summed E-state index contributed by atoms with van der Waals surface area (Å²) < 4.78 is 11.3. The number of ether oxygens (including phenoxy) is 2. The Morgan fingerprint density at radius 1 is 1.25 bits per heavy atom. The van der Waals surface area contributed by atoms with Gasteiger partial charge in [-0.25, -0.2) is 0 Å². The van der Waals surface area contributed by atoms with Gasteiger partial charge in [0.25, 0.3) is 5.91 Å². The Morgan fingerprint density at radius 3 is 2.55 bits per heavy atom. The molecule has 0 N–H and O–H groups in total. The molecule has 2 fully saturated rings. The minimum atomic E-state index is -0.451. The van der Waals surface area contributed by atoms with Crippen LogP contribution in [0.2, 0.25) is 5.02 Å². The highest BCUT2D eigenvalue weighted by molar-refractivity contribution is 6.34. The van der Waals surface area contributed by atoms with Crippen molar-refractivity contribution in [3.63, 3.8) is 0 Å². The van der Waals surface area contributed by atoms with E-state index in [0.717, 1.165) is 18.4 Å². The highest BCUT2D eigenvalue weighted by Gasteiger charge is 2.41. The van der Waals surface area contributed by atoms with Crippen LogP contribution in [0.25, 0.3) is 0 Å². The van der Waals surface area contributed by atoms with Gasteiger partial charge in [0.1, 0.15) is 0 Å². The van der Waals surface area contributed by atoms with Gasteiger partial charge in [0.15, 0.2) is 5.79 Å². The molecule has 0 atom stereocenters. The maximum atomic E-state index is 12.5. The van der Waals surface area contributed by atoms with E-state index in [1.54, 1.807) is 6.07 Å². The predicted molar refractivity (Wildman–Crippen MR) is 76.0 cm³/mol. The molecule has 2 aliphatic rings. The molecular weight excluding hydrogens is 278 g/mol. The molecule has 3 rings (SSSR count). The van der Waals surface area contributed by atoms with Gasteiger partial charge in [0.2, 0.25) is 0 Å². The summed E-state index contributed by atoms with van der Waals surface area (Å²) in [6.07, 6.45) is 1.45. The fourth-order valence-electron chi connectivity index (χ4n) is 2.82. The van der Waals surface area contributed by atoms with Crippen LogP contribution in [-0.2, 0) is 9.47 Å². The molecule has 2 saturated heterocycles. The minimum absolute atomic E-state index is 0.00783. The van der Waals surface area contributed by atoms with Crippen molar-refractivity contribution in [3.05, 3.63) is 34.3 Å². The summed E-state index contributed by atoms with van der Waals surface area (Å²) in [4.78, 5) is 14.4. The van der Waals surface area contributed by atoms with Crippen LogP contribution in [0.15, 0.2) is 18.2 Å². The molecule has 0 radical (unpaired) electrons. The number of piperidine rings is 1. The van der Waals surface area contributed by atoms with E-state index in [1.165, 1.54) is 0 Å². The number of carbonyl (C=O) groups excluding carboxylic acids is 1. The second kappa shape index (κ2) is 5.35. The van der Waals surface area contributed by atoms with Crippen molar-refractivity contribution >= 4 is 17.5 Å². The summed E-state index contributed by atoms with van der Waals surface area (Å²) in [5, 5.41) is 0.547. The monoisotopic (exact) mass is 295 g/mol. The maximum Gasteiger partial charge on any atom is 0.255 e. The first-order chi connectivity index (χ1) is 9.61. The maximum absolute atomic E-state index is 12.5. The second-order valence-electron chi connectivity index (χ2n) is 5.34. The quantitative estimate of drug-likeness (QED) is 0.799. The third-order valence-corrected chi connectivity index (χ3v) is 4.55. The number of rotatable bonds is 1. The van der Waals surface area contributed by atoms with E-state index in [0.29, 0.717) is 36.9 Å². The summed E-state index contributed by atoms with van der Waals surface area (Å²) in [7, 11) is 0. The van der Waals surface area contributed by atoms with Crippen molar-refractivity contribution in [1.29, 1.82) is 0 Å². The number of hydrogen-bond donors (Lipinski definition) is 0. The molecule has 4 nitrogen and oxygen atoms in total. The van der Waals surface area contributed by atoms with Crippen molar-refractivity contribution in [1.82, 2.24) is 4.90 Å². The van der Waals surface area contributed by atoms with Crippen molar-refractivity contribution < 1.29 is 14.3 Å². The molecule has 5 heteroatoms. The van der Waals surface area contributed by atoms with Crippen molar-refractivity contribution in [3.8, 4) is 0 Å². The minimum Gasteiger partial charge on any atom is -0.347 e. The summed E-state index contributed by atoms with van der Waals surface area (Å²) in [6.45, 7) is 4.49. The van der Waals surface area contributed by atoms with Crippen LogP contribution >= 0.6 is 11.6 Å². The molecule has 0 saturated carbocycles. The Kier molecular flexibility index (Phi) is 3.71. The summed E-state index contributed by atoms with van der Waals surface area (Å²) in [5.74, 6) is -0.459. The summed E-state index contributed by atoms with van der Waals surface area (Å²) >= 11 is 6.23. The van der Waals surface area contributed by atoms with Crippen molar-refractivity contribution in [2.45, 2.75) is 25.6 Å². The molecular formula is C15H18ClNO3. The fraction of sp³-hybridized carbons (Fsp3) is 0.533. The lowest BCUT2D eigenvalue weighted by Gasteiger charge is -2.37. The number of halogens is 1. The topological polar surface area (TPSA) is 38.8 Å². The molecule has 1 aromatic rings.